The van der Waals surface area contributed by atoms with Crippen molar-refractivity contribution in [3.63, 3.8) is 0 Å². The molecule has 0 radical (unpaired) electrons. The SMILES string of the molecule is COc1ccc(OC[C@H](O)Cn2c(NCCCO)nc3c2c(=O)n(C)c(=O)n3C)cc1. The molecule has 11 heteroatoms. The van der Waals surface area contributed by atoms with Crippen LogP contribution in [0.3, 0.4) is 0 Å². The number of rotatable bonds is 10. The van der Waals surface area contributed by atoms with Crippen molar-refractivity contribution < 1.29 is 19.7 Å². The van der Waals surface area contributed by atoms with Crippen molar-refractivity contribution in [1.82, 2.24) is 18.7 Å². The Labute approximate surface area is 178 Å². The minimum absolute atomic E-state index is 0.00813. The molecule has 2 heterocycles. The maximum atomic E-state index is 12.8. The Balaban J connectivity index is 1.88. The number of anilines is 1. The van der Waals surface area contributed by atoms with Gasteiger partial charge in [-0.2, -0.15) is 4.98 Å². The van der Waals surface area contributed by atoms with E-state index < -0.39 is 17.4 Å². The van der Waals surface area contributed by atoms with Gasteiger partial charge in [0.25, 0.3) is 5.56 Å². The van der Waals surface area contributed by atoms with Gasteiger partial charge in [-0.25, -0.2) is 4.79 Å². The molecule has 1 aromatic carbocycles. The van der Waals surface area contributed by atoms with Gasteiger partial charge in [0.15, 0.2) is 11.2 Å². The second-order valence-corrected chi connectivity index (χ2v) is 7.07. The fourth-order valence-electron chi connectivity index (χ4n) is 3.17. The van der Waals surface area contributed by atoms with Gasteiger partial charge in [0.05, 0.1) is 13.7 Å². The first kappa shape index (κ1) is 22.4. The second-order valence-electron chi connectivity index (χ2n) is 7.07. The Morgan fingerprint density at radius 1 is 1.13 bits per heavy atom. The highest BCUT2D eigenvalue weighted by molar-refractivity contribution is 5.74. The number of imidazole rings is 1. The summed E-state index contributed by atoms with van der Waals surface area (Å²) in [6.07, 6.45) is -0.483. The zero-order valence-electron chi connectivity index (χ0n) is 17.7. The van der Waals surface area contributed by atoms with Gasteiger partial charge in [-0.1, -0.05) is 0 Å². The molecule has 0 amide bonds. The van der Waals surface area contributed by atoms with Gasteiger partial charge in [0.1, 0.15) is 24.2 Å². The van der Waals surface area contributed by atoms with E-state index in [0.29, 0.717) is 30.4 Å². The lowest BCUT2D eigenvalue weighted by atomic mass is 10.3. The topological polar surface area (TPSA) is 133 Å². The Morgan fingerprint density at radius 3 is 2.45 bits per heavy atom. The van der Waals surface area contributed by atoms with Crippen LogP contribution >= 0.6 is 0 Å². The fourth-order valence-corrected chi connectivity index (χ4v) is 3.17. The summed E-state index contributed by atoms with van der Waals surface area (Å²) in [6, 6.07) is 6.95. The summed E-state index contributed by atoms with van der Waals surface area (Å²) in [5.41, 5.74) is -0.598. The number of ether oxygens (including phenoxy) is 2. The summed E-state index contributed by atoms with van der Waals surface area (Å²) in [5.74, 6) is 1.58. The van der Waals surface area contributed by atoms with E-state index in [9.17, 15) is 14.7 Å². The van der Waals surface area contributed by atoms with E-state index in [1.807, 2.05) is 0 Å². The molecule has 168 valence electrons. The number of fused-ring (bicyclic) bond motifs is 1. The van der Waals surface area contributed by atoms with E-state index in [1.54, 1.807) is 31.4 Å². The summed E-state index contributed by atoms with van der Waals surface area (Å²) < 4.78 is 14.6. The summed E-state index contributed by atoms with van der Waals surface area (Å²) in [6.45, 7) is 0.397. The van der Waals surface area contributed by atoms with Gasteiger partial charge in [-0.05, 0) is 30.7 Å². The summed E-state index contributed by atoms with van der Waals surface area (Å²) in [7, 11) is 4.49. The molecule has 0 aliphatic carbocycles. The van der Waals surface area contributed by atoms with Crippen molar-refractivity contribution in [2.24, 2.45) is 14.1 Å². The first-order chi connectivity index (χ1) is 14.9. The van der Waals surface area contributed by atoms with Crippen molar-refractivity contribution in [3.8, 4) is 11.5 Å². The number of aliphatic hydroxyl groups excluding tert-OH is 2. The maximum absolute atomic E-state index is 12.8. The van der Waals surface area contributed by atoms with Crippen molar-refractivity contribution >= 4 is 17.1 Å². The fraction of sp³-hybridized carbons (Fsp3) is 0.450. The van der Waals surface area contributed by atoms with Crippen molar-refractivity contribution in [2.75, 3.05) is 32.2 Å². The number of aryl methyl sites for hydroxylation is 1. The van der Waals surface area contributed by atoms with E-state index in [4.69, 9.17) is 14.6 Å². The number of nitrogens with one attached hydrogen (secondary N) is 1. The van der Waals surface area contributed by atoms with Crippen LogP contribution in [0.15, 0.2) is 33.9 Å². The standard InChI is InChI=1S/C20H27N5O6/c1-23-17-16(18(28)24(2)20(23)29)25(19(22-17)21-9-4-10-26)11-13(27)12-31-15-7-5-14(30-3)6-8-15/h5-8,13,26-27H,4,9-12H2,1-3H3,(H,21,22)/t13-/m1/s1. The van der Waals surface area contributed by atoms with E-state index >= 15 is 0 Å². The number of hydrogen-bond acceptors (Lipinski definition) is 8. The predicted molar refractivity (Wildman–Crippen MR) is 115 cm³/mol. The Morgan fingerprint density at radius 2 is 1.81 bits per heavy atom. The van der Waals surface area contributed by atoms with E-state index in [-0.39, 0.29) is 30.9 Å². The molecule has 11 nitrogen and oxygen atoms in total. The monoisotopic (exact) mass is 433 g/mol. The van der Waals surface area contributed by atoms with E-state index in [2.05, 4.69) is 10.3 Å². The lowest BCUT2D eigenvalue weighted by Crippen LogP contribution is -2.38. The molecule has 0 aliphatic rings. The van der Waals surface area contributed by atoms with Gasteiger partial charge in [0.2, 0.25) is 5.95 Å². The van der Waals surface area contributed by atoms with Crippen LogP contribution in [0.4, 0.5) is 5.95 Å². The number of nitrogens with zero attached hydrogens (tertiary/aromatic N) is 4. The number of hydrogen-bond donors (Lipinski definition) is 3. The molecule has 2 aromatic heterocycles. The number of aromatic nitrogens is 4. The average molecular weight is 433 g/mol. The minimum Gasteiger partial charge on any atom is -0.497 e. The lowest BCUT2D eigenvalue weighted by molar-refractivity contribution is 0.0938. The molecule has 0 unspecified atom stereocenters. The molecular weight excluding hydrogens is 406 g/mol. The van der Waals surface area contributed by atoms with Crippen molar-refractivity contribution in [2.45, 2.75) is 19.1 Å². The quantitative estimate of drug-likeness (QED) is 0.371. The number of benzene rings is 1. The molecule has 0 saturated heterocycles. The van der Waals surface area contributed by atoms with Crippen molar-refractivity contribution in [1.29, 1.82) is 0 Å². The smallest absolute Gasteiger partial charge is 0.332 e. The van der Waals surface area contributed by atoms with Crippen LogP contribution in [-0.4, -0.2) is 61.9 Å². The van der Waals surface area contributed by atoms with Crippen LogP contribution in [0.25, 0.3) is 11.2 Å². The summed E-state index contributed by atoms with van der Waals surface area (Å²) >= 11 is 0. The van der Waals surface area contributed by atoms with Crippen molar-refractivity contribution in [3.05, 3.63) is 45.1 Å². The van der Waals surface area contributed by atoms with E-state index in [1.165, 1.54) is 23.2 Å². The van der Waals surface area contributed by atoms with Crippen LogP contribution in [0, 0.1) is 0 Å². The molecule has 0 aliphatic heterocycles. The highest BCUT2D eigenvalue weighted by Gasteiger charge is 2.21. The first-order valence-electron chi connectivity index (χ1n) is 9.83. The maximum Gasteiger partial charge on any atom is 0.332 e. The summed E-state index contributed by atoms with van der Waals surface area (Å²) in [5, 5.41) is 22.7. The number of methoxy groups -OCH3 is 1. The predicted octanol–water partition coefficient (Wildman–Crippen LogP) is -0.323. The van der Waals surface area contributed by atoms with Gasteiger partial charge >= 0.3 is 5.69 Å². The van der Waals surface area contributed by atoms with Crippen LogP contribution in [0.1, 0.15) is 6.42 Å². The van der Waals surface area contributed by atoms with Gasteiger partial charge in [-0.15, -0.1) is 0 Å². The largest absolute Gasteiger partial charge is 0.497 e. The molecular formula is C20H27N5O6. The third-order valence-electron chi connectivity index (χ3n) is 4.86. The molecule has 31 heavy (non-hydrogen) atoms. The van der Waals surface area contributed by atoms with Crippen LogP contribution < -0.4 is 26.0 Å². The Hall–Kier alpha value is -3.31. The van der Waals surface area contributed by atoms with Crippen LogP contribution in [-0.2, 0) is 20.6 Å². The molecule has 0 saturated carbocycles. The number of aliphatic hydroxyl groups is 2. The summed E-state index contributed by atoms with van der Waals surface area (Å²) in [4.78, 5) is 29.4. The van der Waals surface area contributed by atoms with E-state index in [0.717, 1.165) is 4.57 Å². The molecule has 3 aromatic rings. The lowest BCUT2D eigenvalue weighted by Gasteiger charge is -2.16. The third kappa shape index (κ3) is 4.72. The molecule has 1 atom stereocenters. The second kappa shape index (κ2) is 9.67. The van der Waals surface area contributed by atoms with Gasteiger partial charge in [0, 0.05) is 27.2 Å². The average Bonchev–Trinajstić information content (AvgIpc) is 3.13. The molecule has 0 fully saturated rings. The van der Waals surface area contributed by atoms with Gasteiger partial charge in [-0.3, -0.25) is 13.9 Å². The molecule has 3 N–H and O–H groups in total. The van der Waals surface area contributed by atoms with Crippen LogP contribution in [0.2, 0.25) is 0 Å². The Bertz CT molecular complexity index is 1150. The minimum atomic E-state index is -0.958. The first-order valence-corrected chi connectivity index (χ1v) is 9.83. The highest BCUT2D eigenvalue weighted by Crippen LogP contribution is 2.19. The normalized spacial score (nSPS) is 12.2. The third-order valence-corrected chi connectivity index (χ3v) is 4.86. The molecule has 3 rings (SSSR count). The zero-order chi connectivity index (χ0) is 22.5. The molecule has 0 spiro atoms. The highest BCUT2D eigenvalue weighted by atomic mass is 16.5. The zero-order valence-corrected chi connectivity index (χ0v) is 17.7. The van der Waals surface area contributed by atoms with Gasteiger partial charge < -0.3 is 29.6 Å². The molecule has 0 bridgehead atoms. The Kier molecular flexibility index (Phi) is 6.98. The van der Waals surface area contributed by atoms with Crippen LogP contribution in [0.5, 0.6) is 11.5 Å².